The highest BCUT2D eigenvalue weighted by Gasteiger charge is 1.95. The summed E-state index contributed by atoms with van der Waals surface area (Å²) in [6.07, 6.45) is 7.37. The van der Waals surface area contributed by atoms with Gasteiger partial charge in [-0.1, -0.05) is 17.7 Å². The fourth-order valence-electron chi connectivity index (χ4n) is 0.869. The first-order valence-corrected chi connectivity index (χ1v) is 4.53. The van der Waals surface area contributed by atoms with Crippen molar-refractivity contribution in [1.29, 1.82) is 0 Å². The lowest BCUT2D eigenvalue weighted by atomic mass is 10.2. The molecular formula is C11H18O2. The van der Waals surface area contributed by atoms with Crippen LogP contribution in [0.2, 0.25) is 0 Å². The second-order valence-electron chi connectivity index (χ2n) is 3.08. The Morgan fingerprint density at radius 1 is 1.31 bits per heavy atom. The third kappa shape index (κ3) is 8.86. The summed E-state index contributed by atoms with van der Waals surface area (Å²) in [4.78, 5) is 10.7. The van der Waals surface area contributed by atoms with Gasteiger partial charge in [-0.15, -0.1) is 6.58 Å². The summed E-state index contributed by atoms with van der Waals surface area (Å²) >= 11 is 0. The van der Waals surface area contributed by atoms with E-state index in [0.717, 1.165) is 19.3 Å². The lowest BCUT2D eigenvalue weighted by Crippen LogP contribution is -1.97. The summed E-state index contributed by atoms with van der Waals surface area (Å²) in [6.45, 7) is 5.82. The molecule has 13 heavy (non-hydrogen) atoms. The number of carbonyl (C=O) groups is 1. The molecule has 0 radical (unpaired) electrons. The first kappa shape index (κ1) is 11.9. The summed E-state index contributed by atoms with van der Waals surface area (Å²) in [5.41, 5.74) is 1.19. The van der Waals surface area contributed by atoms with E-state index in [9.17, 15) is 4.79 Å². The first-order chi connectivity index (χ1) is 6.16. The average molecular weight is 182 g/mol. The van der Waals surface area contributed by atoms with E-state index < -0.39 is 0 Å². The highest BCUT2D eigenvalue weighted by molar-refractivity contribution is 5.69. The Kier molecular flexibility index (Phi) is 6.98. The third-order valence-electron chi connectivity index (χ3n) is 1.65. The number of ether oxygens (including phenoxy) is 1. The van der Waals surface area contributed by atoms with Crippen molar-refractivity contribution in [2.24, 2.45) is 0 Å². The molecule has 2 nitrogen and oxygen atoms in total. The minimum atomic E-state index is -0.149. The van der Waals surface area contributed by atoms with Crippen molar-refractivity contribution in [2.45, 2.75) is 32.6 Å². The van der Waals surface area contributed by atoms with Crippen LogP contribution in [-0.2, 0) is 9.53 Å². The van der Waals surface area contributed by atoms with E-state index in [4.69, 9.17) is 0 Å². The maximum atomic E-state index is 10.7. The Hall–Kier alpha value is -1.05. The van der Waals surface area contributed by atoms with Gasteiger partial charge in [0.2, 0.25) is 0 Å². The summed E-state index contributed by atoms with van der Waals surface area (Å²) in [7, 11) is 1.41. The molecule has 2 heteroatoms. The Morgan fingerprint density at radius 3 is 2.31 bits per heavy atom. The molecule has 0 spiro atoms. The predicted octanol–water partition coefficient (Wildman–Crippen LogP) is 2.85. The van der Waals surface area contributed by atoms with Crippen molar-refractivity contribution < 1.29 is 9.53 Å². The van der Waals surface area contributed by atoms with Gasteiger partial charge in [-0.05, 0) is 26.2 Å². The van der Waals surface area contributed by atoms with Crippen molar-refractivity contribution in [3.05, 3.63) is 24.3 Å². The Labute approximate surface area is 80.3 Å². The van der Waals surface area contributed by atoms with Gasteiger partial charge in [0.25, 0.3) is 0 Å². The summed E-state index contributed by atoms with van der Waals surface area (Å²) < 4.78 is 4.51. The Balaban J connectivity index is 3.31. The van der Waals surface area contributed by atoms with Gasteiger partial charge in [0.1, 0.15) is 0 Å². The molecule has 0 N–H and O–H groups in total. The molecule has 0 aliphatic heterocycles. The maximum absolute atomic E-state index is 10.7. The molecule has 0 atom stereocenters. The number of hydrogen-bond donors (Lipinski definition) is 0. The van der Waals surface area contributed by atoms with Crippen molar-refractivity contribution in [1.82, 2.24) is 0 Å². The molecule has 0 rings (SSSR count). The largest absolute Gasteiger partial charge is 0.469 e. The molecule has 0 heterocycles. The van der Waals surface area contributed by atoms with Gasteiger partial charge in [-0.2, -0.15) is 0 Å². The van der Waals surface area contributed by atoms with Gasteiger partial charge in [0.05, 0.1) is 7.11 Å². The molecule has 0 saturated heterocycles. The van der Waals surface area contributed by atoms with Crippen LogP contribution < -0.4 is 0 Å². The molecule has 0 bridgehead atoms. The second-order valence-corrected chi connectivity index (χ2v) is 3.08. The predicted molar refractivity (Wildman–Crippen MR) is 54.4 cm³/mol. The molecule has 0 aromatic carbocycles. The average Bonchev–Trinajstić information content (AvgIpc) is 2.10. The summed E-state index contributed by atoms with van der Waals surface area (Å²) in [5.74, 6) is -0.149. The molecule has 0 aliphatic carbocycles. The van der Waals surface area contributed by atoms with Crippen LogP contribution in [0.3, 0.4) is 0 Å². The van der Waals surface area contributed by atoms with Gasteiger partial charge < -0.3 is 4.74 Å². The Bertz CT molecular complexity index is 192. The van der Waals surface area contributed by atoms with Crippen molar-refractivity contribution in [2.75, 3.05) is 7.11 Å². The van der Waals surface area contributed by atoms with Gasteiger partial charge in [0.15, 0.2) is 0 Å². The van der Waals surface area contributed by atoms with Gasteiger partial charge >= 0.3 is 5.97 Å². The molecule has 0 amide bonds. The fourth-order valence-corrected chi connectivity index (χ4v) is 0.869. The molecule has 74 valence electrons. The minimum absolute atomic E-state index is 0.149. The smallest absolute Gasteiger partial charge is 0.305 e. The lowest BCUT2D eigenvalue weighted by Gasteiger charge is -1.94. The molecule has 0 unspecified atom stereocenters. The fraction of sp³-hybridized carbons (Fsp3) is 0.545. The molecular weight excluding hydrogens is 164 g/mol. The Morgan fingerprint density at radius 2 is 1.85 bits per heavy atom. The molecule has 0 saturated carbocycles. The number of allylic oxidation sites excluding steroid dienone is 3. The van der Waals surface area contributed by atoms with Crippen LogP contribution in [0.1, 0.15) is 32.6 Å². The zero-order valence-corrected chi connectivity index (χ0v) is 8.51. The van der Waals surface area contributed by atoms with E-state index in [0.29, 0.717) is 6.42 Å². The number of rotatable bonds is 6. The molecule has 0 aromatic rings. The minimum Gasteiger partial charge on any atom is -0.469 e. The van der Waals surface area contributed by atoms with Crippen LogP contribution in [0.15, 0.2) is 24.3 Å². The maximum Gasteiger partial charge on any atom is 0.305 e. The van der Waals surface area contributed by atoms with E-state index in [1.165, 1.54) is 12.7 Å². The van der Waals surface area contributed by atoms with E-state index in [1.54, 1.807) is 0 Å². The summed E-state index contributed by atoms with van der Waals surface area (Å²) in [5, 5.41) is 0. The van der Waals surface area contributed by atoms with Crippen LogP contribution in [0, 0.1) is 0 Å². The van der Waals surface area contributed by atoms with Crippen molar-refractivity contribution in [3.8, 4) is 0 Å². The van der Waals surface area contributed by atoms with Gasteiger partial charge in [-0.25, -0.2) is 0 Å². The van der Waals surface area contributed by atoms with Crippen LogP contribution in [0.25, 0.3) is 0 Å². The van der Waals surface area contributed by atoms with Crippen LogP contribution in [0.4, 0.5) is 0 Å². The van der Waals surface area contributed by atoms with Crippen LogP contribution in [-0.4, -0.2) is 13.1 Å². The standard InChI is InChI=1S/C11H18O2/c1-10(2)8-6-4-5-7-9-11(12)13-3/h4-5H,1,6-9H2,2-3H3/b5-4+. The molecule has 0 aromatic heterocycles. The first-order valence-electron chi connectivity index (χ1n) is 4.53. The third-order valence-corrected chi connectivity index (χ3v) is 1.65. The number of esters is 1. The van der Waals surface area contributed by atoms with E-state index in [-0.39, 0.29) is 5.97 Å². The lowest BCUT2D eigenvalue weighted by molar-refractivity contribution is -0.140. The summed E-state index contributed by atoms with van der Waals surface area (Å²) in [6, 6.07) is 0. The van der Waals surface area contributed by atoms with Gasteiger partial charge in [0, 0.05) is 6.42 Å². The SMILES string of the molecule is C=C(C)CC/C=C/CCC(=O)OC. The second kappa shape index (κ2) is 7.59. The molecule has 0 fully saturated rings. The van der Waals surface area contributed by atoms with Crippen molar-refractivity contribution in [3.63, 3.8) is 0 Å². The zero-order chi connectivity index (χ0) is 10.1. The van der Waals surface area contributed by atoms with E-state index in [2.05, 4.69) is 17.4 Å². The number of hydrogen-bond acceptors (Lipinski definition) is 2. The number of carbonyl (C=O) groups excluding carboxylic acids is 1. The van der Waals surface area contributed by atoms with Crippen LogP contribution in [0.5, 0.6) is 0 Å². The quantitative estimate of drug-likeness (QED) is 0.466. The monoisotopic (exact) mass is 182 g/mol. The van der Waals surface area contributed by atoms with Crippen molar-refractivity contribution >= 4 is 5.97 Å². The van der Waals surface area contributed by atoms with E-state index in [1.807, 2.05) is 13.0 Å². The topological polar surface area (TPSA) is 26.3 Å². The molecule has 0 aliphatic rings. The van der Waals surface area contributed by atoms with Crippen LogP contribution >= 0.6 is 0 Å². The normalized spacial score (nSPS) is 10.3. The highest BCUT2D eigenvalue weighted by atomic mass is 16.5. The highest BCUT2D eigenvalue weighted by Crippen LogP contribution is 2.02. The zero-order valence-electron chi connectivity index (χ0n) is 8.51. The van der Waals surface area contributed by atoms with E-state index >= 15 is 0 Å². The van der Waals surface area contributed by atoms with Gasteiger partial charge in [-0.3, -0.25) is 4.79 Å². The number of methoxy groups -OCH3 is 1.